The Kier molecular flexibility index (Phi) is 5.53. The molecule has 2 aromatic rings. The van der Waals surface area contributed by atoms with Crippen molar-refractivity contribution >= 4 is 27.7 Å². The third kappa shape index (κ3) is 4.28. The maximum absolute atomic E-state index is 12.7. The summed E-state index contributed by atoms with van der Waals surface area (Å²) in [4.78, 5) is 26.1. The normalized spacial score (nSPS) is 17.4. The minimum absolute atomic E-state index is 0.0263. The lowest BCUT2D eigenvalue weighted by molar-refractivity contribution is -0.121. The first kappa shape index (κ1) is 17.7. The molecule has 1 aliphatic heterocycles. The van der Waals surface area contributed by atoms with Gasteiger partial charge >= 0.3 is 0 Å². The molecule has 7 heteroatoms. The van der Waals surface area contributed by atoms with E-state index in [9.17, 15) is 9.59 Å². The first-order valence-corrected chi connectivity index (χ1v) is 9.26. The summed E-state index contributed by atoms with van der Waals surface area (Å²) in [6, 6.07) is 9.59. The van der Waals surface area contributed by atoms with Gasteiger partial charge in [0.2, 0.25) is 5.91 Å². The number of H-pyrrole nitrogens is 1. The number of likely N-dealkylation sites (tertiary alicyclic amines) is 1. The Bertz CT molecular complexity index is 757. The van der Waals surface area contributed by atoms with Crippen LogP contribution in [0.2, 0.25) is 0 Å². The number of nitrogens with one attached hydrogen (secondary N) is 2. The van der Waals surface area contributed by atoms with E-state index < -0.39 is 0 Å². The number of piperidine rings is 1. The van der Waals surface area contributed by atoms with E-state index in [1.807, 2.05) is 31.2 Å². The fourth-order valence-corrected chi connectivity index (χ4v) is 3.24. The van der Waals surface area contributed by atoms with Gasteiger partial charge in [-0.2, -0.15) is 5.10 Å². The lowest BCUT2D eigenvalue weighted by Crippen LogP contribution is -2.49. The number of aromatic nitrogens is 2. The Morgan fingerprint density at radius 1 is 1.36 bits per heavy atom. The smallest absolute Gasteiger partial charge is 0.271 e. The number of hydrogen-bond acceptors (Lipinski definition) is 3. The first-order chi connectivity index (χ1) is 12.1. The van der Waals surface area contributed by atoms with Gasteiger partial charge < -0.3 is 10.2 Å². The van der Waals surface area contributed by atoms with Crippen LogP contribution < -0.4 is 5.32 Å². The van der Waals surface area contributed by atoms with Crippen LogP contribution in [-0.2, 0) is 4.79 Å². The molecule has 6 nitrogen and oxygen atoms in total. The summed E-state index contributed by atoms with van der Waals surface area (Å²) in [5.41, 5.74) is 2.16. The summed E-state index contributed by atoms with van der Waals surface area (Å²) in [5, 5.41) is 10.1. The summed E-state index contributed by atoms with van der Waals surface area (Å²) in [5.74, 6) is -0.0512. The molecule has 0 bridgehead atoms. The fraction of sp³-hybridized carbons (Fsp3) is 0.389. The van der Waals surface area contributed by atoms with Crippen molar-refractivity contribution in [2.24, 2.45) is 0 Å². The Morgan fingerprint density at radius 2 is 2.12 bits per heavy atom. The van der Waals surface area contributed by atoms with E-state index in [2.05, 4.69) is 31.4 Å². The van der Waals surface area contributed by atoms with Gasteiger partial charge in [-0.25, -0.2) is 0 Å². The SMILES string of the molecule is CCC(=O)NC1CCCN(C(=O)c2cc(-c3ccc(Br)cc3)n[nH]2)C1. The Hall–Kier alpha value is -2.15. The van der Waals surface area contributed by atoms with Crippen molar-refractivity contribution in [1.82, 2.24) is 20.4 Å². The van der Waals surface area contributed by atoms with E-state index in [0.717, 1.165) is 28.6 Å². The lowest BCUT2D eigenvalue weighted by atomic mass is 10.0. The number of nitrogens with zero attached hydrogens (tertiary/aromatic N) is 2. The molecule has 0 spiro atoms. The lowest BCUT2D eigenvalue weighted by Gasteiger charge is -2.32. The highest BCUT2D eigenvalue weighted by molar-refractivity contribution is 9.10. The predicted molar refractivity (Wildman–Crippen MR) is 99.1 cm³/mol. The van der Waals surface area contributed by atoms with Gasteiger partial charge in [-0.1, -0.05) is 35.0 Å². The Balaban J connectivity index is 1.68. The van der Waals surface area contributed by atoms with Crippen LogP contribution in [0.15, 0.2) is 34.8 Å². The maximum Gasteiger partial charge on any atom is 0.271 e. The van der Waals surface area contributed by atoms with Gasteiger partial charge in [0.1, 0.15) is 5.69 Å². The van der Waals surface area contributed by atoms with Crippen LogP contribution in [0.3, 0.4) is 0 Å². The van der Waals surface area contributed by atoms with Crippen molar-refractivity contribution in [3.05, 3.63) is 40.5 Å². The molecule has 1 atom stereocenters. The molecule has 25 heavy (non-hydrogen) atoms. The molecular formula is C18H21BrN4O2. The number of aromatic amines is 1. The number of halogens is 1. The van der Waals surface area contributed by atoms with E-state index in [-0.39, 0.29) is 17.9 Å². The standard InChI is InChI=1S/C18H21BrN4O2/c1-2-17(24)20-14-4-3-9-23(11-14)18(25)16-10-15(21-22-16)12-5-7-13(19)8-6-12/h5-8,10,14H,2-4,9,11H2,1H3,(H,20,24)(H,21,22). The van der Waals surface area contributed by atoms with Crippen LogP contribution >= 0.6 is 15.9 Å². The van der Waals surface area contributed by atoms with E-state index in [4.69, 9.17) is 0 Å². The molecule has 1 saturated heterocycles. The number of carbonyl (C=O) groups is 2. The molecule has 2 heterocycles. The highest BCUT2D eigenvalue weighted by atomic mass is 79.9. The summed E-state index contributed by atoms with van der Waals surface area (Å²) in [6.07, 6.45) is 2.25. The summed E-state index contributed by atoms with van der Waals surface area (Å²) >= 11 is 3.41. The molecule has 2 amide bonds. The van der Waals surface area contributed by atoms with E-state index >= 15 is 0 Å². The minimum atomic E-state index is -0.0775. The van der Waals surface area contributed by atoms with Gasteiger partial charge in [0, 0.05) is 35.6 Å². The van der Waals surface area contributed by atoms with Gasteiger partial charge in [-0.3, -0.25) is 14.7 Å². The zero-order valence-electron chi connectivity index (χ0n) is 14.1. The third-order valence-electron chi connectivity index (χ3n) is 4.34. The molecule has 0 saturated carbocycles. The van der Waals surface area contributed by atoms with Crippen molar-refractivity contribution in [1.29, 1.82) is 0 Å². The zero-order chi connectivity index (χ0) is 17.8. The second kappa shape index (κ2) is 7.82. The molecule has 3 rings (SSSR count). The highest BCUT2D eigenvalue weighted by Crippen LogP contribution is 2.21. The zero-order valence-corrected chi connectivity index (χ0v) is 15.7. The van der Waals surface area contributed by atoms with Gasteiger partial charge in [0.25, 0.3) is 5.91 Å². The Morgan fingerprint density at radius 3 is 2.84 bits per heavy atom. The first-order valence-electron chi connectivity index (χ1n) is 8.47. The van der Waals surface area contributed by atoms with Crippen molar-refractivity contribution in [3.8, 4) is 11.3 Å². The van der Waals surface area contributed by atoms with E-state index in [0.29, 0.717) is 25.2 Å². The van der Waals surface area contributed by atoms with Gasteiger partial charge in [-0.15, -0.1) is 0 Å². The minimum Gasteiger partial charge on any atom is -0.352 e. The van der Waals surface area contributed by atoms with Gasteiger partial charge in [-0.05, 0) is 31.0 Å². The van der Waals surface area contributed by atoms with Crippen LogP contribution in [0.4, 0.5) is 0 Å². The topological polar surface area (TPSA) is 78.1 Å². The number of hydrogen-bond donors (Lipinski definition) is 2. The molecule has 1 aliphatic rings. The van der Waals surface area contributed by atoms with Crippen molar-refractivity contribution in [2.75, 3.05) is 13.1 Å². The molecule has 0 radical (unpaired) electrons. The molecular weight excluding hydrogens is 384 g/mol. The molecule has 1 unspecified atom stereocenters. The number of carbonyl (C=O) groups excluding carboxylic acids is 2. The molecule has 1 aromatic carbocycles. The number of rotatable bonds is 4. The van der Waals surface area contributed by atoms with Crippen LogP contribution in [0, 0.1) is 0 Å². The van der Waals surface area contributed by atoms with Gasteiger partial charge in [0.05, 0.1) is 5.69 Å². The number of benzene rings is 1. The molecule has 1 aromatic heterocycles. The van der Waals surface area contributed by atoms with Crippen molar-refractivity contribution < 1.29 is 9.59 Å². The monoisotopic (exact) mass is 404 g/mol. The summed E-state index contributed by atoms with van der Waals surface area (Å²) in [6.45, 7) is 3.07. The van der Waals surface area contributed by atoms with Crippen LogP contribution in [-0.4, -0.2) is 46.0 Å². The van der Waals surface area contributed by atoms with Crippen molar-refractivity contribution in [3.63, 3.8) is 0 Å². The van der Waals surface area contributed by atoms with Crippen molar-refractivity contribution in [2.45, 2.75) is 32.2 Å². The number of amides is 2. The quantitative estimate of drug-likeness (QED) is 0.821. The van der Waals surface area contributed by atoms with E-state index in [1.165, 1.54) is 0 Å². The second-order valence-corrected chi connectivity index (χ2v) is 7.10. The average Bonchev–Trinajstić information content (AvgIpc) is 3.12. The fourth-order valence-electron chi connectivity index (χ4n) is 2.98. The highest BCUT2D eigenvalue weighted by Gasteiger charge is 2.26. The largest absolute Gasteiger partial charge is 0.352 e. The van der Waals surface area contributed by atoms with Crippen LogP contribution in [0.5, 0.6) is 0 Å². The van der Waals surface area contributed by atoms with Crippen LogP contribution in [0.1, 0.15) is 36.7 Å². The molecule has 2 N–H and O–H groups in total. The molecule has 1 fully saturated rings. The second-order valence-electron chi connectivity index (χ2n) is 6.19. The predicted octanol–water partition coefficient (Wildman–Crippen LogP) is 2.97. The summed E-state index contributed by atoms with van der Waals surface area (Å²) < 4.78 is 0.997. The van der Waals surface area contributed by atoms with Crippen LogP contribution in [0.25, 0.3) is 11.3 Å². The van der Waals surface area contributed by atoms with E-state index in [1.54, 1.807) is 11.0 Å². The average molecular weight is 405 g/mol. The summed E-state index contributed by atoms with van der Waals surface area (Å²) in [7, 11) is 0. The maximum atomic E-state index is 12.7. The Labute approximate surface area is 155 Å². The third-order valence-corrected chi connectivity index (χ3v) is 4.87. The van der Waals surface area contributed by atoms with Gasteiger partial charge in [0.15, 0.2) is 0 Å². The molecule has 0 aliphatic carbocycles. The molecule has 132 valence electrons.